The number of carbonyl (C=O) groups excluding carboxylic acids is 1. The van der Waals surface area contributed by atoms with Crippen LogP contribution in [0.3, 0.4) is 0 Å². The molecule has 5 rings (SSSR count). The zero-order valence-electron chi connectivity index (χ0n) is 14.9. The summed E-state index contributed by atoms with van der Waals surface area (Å²) in [6.07, 6.45) is 8.73. The van der Waals surface area contributed by atoms with Crippen molar-refractivity contribution in [3.8, 4) is 5.75 Å². The number of para-hydroxylation sites is 1. The van der Waals surface area contributed by atoms with Gasteiger partial charge in [0.1, 0.15) is 5.75 Å². The van der Waals surface area contributed by atoms with Crippen LogP contribution in [-0.2, 0) is 11.2 Å². The molecule has 4 fully saturated rings. The maximum absolute atomic E-state index is 12.6. The number of hydrogen-bond donors (Lipinski definition) is 1. The molecule has 3 heteroatoms. The third-order valence-electron chi connectivity index (χ3n) is 6.93. The minimum Gasteiger partial charge on any atom is -0.496 e. The number of hydrogen-bond acceptors (Lipinski definition) is 2. The van der Waals surface area contributed by atoms with Crippen molar-refractivity contribution in [1.29, 1.82) is 0 Å². The molecule has 0 heterocycles. The first-order chi connectivity index (χ1) is 11.6. The van der Waals surface area contributed by atoms with Gasteiger partial charge in [-0.1, -0.05) is 18.2 Å². The van der Waals surface area contributed by atoms with Gasteiger partial charge >= 0.3 is 0 Å². The average Bonchev–Trinajstić information content (AvgIpc) is 2.54. The SMILES string of the molecule is COc1ccccc1CC(=O)NC(C)C12CC3CC(CC(C3)C1)C2. The largest absolute Gasteiger partial charge is 0.496 e. The number of ether oxygens (including phenoxy) is 1. The lowest BCUT2D eigenvalue weighted by molar-refractivity contribution is -0.125. The fourth-order valence-electron chi connectivity index (χ4n) is 6.18. The Labute approximate surface area is 145 Å². The number of rotatable bonds is 5. The summed E-state index contributed by atoms with van der Waals surface area (Å²) in [5.74, 6) is 3.69. The van der Waals surface area contributed by atoms with Gasteiger partial charge in [0.2, 0.25) is 5.91 Å². The van der Waals surface area contributed by atoms with E-state index < -0.39 is 0 Å². The smallest absolute Gasteiger partial charge is 0.224 e. The molecule has 0 aromatic heterocycles. The quantitative estimate of drug-likeness (QED) is 0.889. The normalized spacial score (nSPS) is 34.8. The lowest BCUT2D eigenvalue weighted by Gasteiger charge is -2.59. The third-order valence-corrected chi connectivity index (χ3v) is 6.93. The lowest BCUT2D eigenvalue weighted by atomic mass is 9.48. The van der Waals surface area contributed by atoms with E-state index in [1.54, 1.807) is 7.11 Å². The van der Waals surface area contributed by atoms with E-state index in [9.17, 15) is 4.79 Å². The van der Waals surface area contributed by atoms with Crippen molar-refractivity contribution in [2.24, 2.45) is 23.2 Å². The molecule has 1 aromatic carbocycles. The molecule has 24 heavy (non-hydrogen) atoms. The van der Waals surface area contributed by atoms with E-state index in [2.05, 4.69) is 12.2 Å². The summed E-state index contributed by atoms with van der Waals surface area (Å²) in [4.78, 5) is 12.6. The highest BCUT2D eigenvalue weighted by atomic mass is 16.5. The fourth-order valence-corrected chi connectivity index (χ4v) is 6.18. The van der Waals surface area contributed by atoms with Gasteiger partial charge in [0.25, 0.3) is 0 Å². The molecule has 0 aliphatic heterocycles. The highest BCUT2D eigenvalue weighted by molar-refractivity contribution is 5.79. The van der Waals surface area contributed by atoms with Gasteiger partial charge in [-0.2, -0.15) is 0 Å². The van der Waals surface area contributed by atoms with Crippen molar-refractivity contribution in [2.75, 3.05) is 7.11 Å². The maximum atomic E-state index is 12.6. The van der Waals surface area contributed by atoms with Crippen molar-refractivity contribution in [3.05, 3.63) is 29.8 Å². The molecule has 130 valence electrons. The van der Waals surface area contributed by atoms with Gasteiger partial charge in [0, 0.05) is 11.6 Å². The van der Waals surface area contributed by atoms with Gasteiger partial charge in [0.05, 0.1) is 13.5 Å². The van der Waals surface area contributed by atoms with E-state index in [1.165, 1.54) is 38.5 Å². The van der Waals surface area contributed by atoms with Crippen LogP contribution in [0.25, 0.3) is 0 Å². The molecule has 4 aliphatic rings. The molecule has 4 aliphatic carbocycles. The minimum atomic E-state index is 0.128. The van der Waals surface area contributed by atoms with Crippen LogP contribution in [0, 0.1) is 23.2 Å². The zero-order valence-corrected chi connectivity index (χ0v) is 14.9. The van der Waals surface area contributed by atoms with Crippen molar-refractivity contribution < 1.29 is 9.53 Å². The molecule has 1 amide bonds. The first-order valence-electron chi connectivity index (χ1n) is 9.49. The zero-order chi connectivity index (χ0) is 16.7. The van der Waals surface area contributed by atoms with Crippen molar-refractivity contribution >= 4 is 5.91 Å². The molecule has 1 unspecified atom stereocenters. The van der Waals surface area contributed by atoms with Crippen LogP contribution in [0.1, 0.15) is 51.0 Å². The molecular formula is C21H29NO2. The summed E-state index contributed by atoms with van der Waals surface area (Å²) < 4.78 is 5.37. The van der Waals surface area contributed by atoms with Gasteiger partial charge in [-0.05, 0) is 74.7 Å². The van der Waals surface area contributed by atoms with E-state index in [4.69, 9.17) is 4.74 Å². The molecule has 1 aromatic rings. The molecule has 1 atom stereocenters. The van der Waals surface area contributed by atoms with Gasteiger partial charge < -0.3 is 10.1 Å². The summed E-state index contributed by atoms with van der Waals surface area (Å²) in [6, 6.07) is 8.10. The molecule has 4 bridgehead atoms. The number of carbonyl (C=O) groups is 1. The minimum absolute atomic E-state index is 0.128. The average molecular weight is 327 g/mol. The topological polar surface area (TPSA) is 38.3 Å². The molecule has 1 N–H and O–H groups in total. The Morgan fingerprint density at radius 3 is 2.33 bits per heavy atom. The van der Waals surface area contributed by atoms with E-state index in [0.717, 1.165) is 29.1 Å². The molecule has 4 saturated carbocycles. The number of methoxy groups -OCH3 is 1. The van der Waals surface area contributed by atoms with Gasteiger partial charge in [-0.25, -0.2) is 0 Å². The fraction of sp³-hybridized carbons (Fsp3) is 0.667. The summed E-state index contributed by atoms with van der Waals surface area (Å²) in [6.45, 7) is 2.24. The second-order valence-corrected chi connectivity index (χ2v) is 8.56. The summed E-state index contributed by atoms with van der Waals surface area (Å²) in [5, 5.41) is 3.34. The summed E-state index contributed by atoms with van der Waals surface area (Å²) in [5.41, 5.74) is 1.33. The monoisotopic (exact) mass is 327 g/mol. The first-order valence-corrected chi connectivity index (χ1v) is 9.49. The van der Waals surface area contributed by atoms with Gasteiger partial charge in [0.15, 0.2) is 0 Å². The predicted octanol–water partition coefficient (Wildman–Crippen LogP) is 3.96. The van der Waals surface area contributed by atoms with Crippen LogP contribution in [0.4, 0.5) is 0 Å². The third kappa shape index (κ3) is 2.82. The number of nitrogens with one attached hydrogen (secondary N) is 1. The predicted molar refractivity (Wildman–Crippen MR) is 94.9 cm³/mol. The Kier molecular flexibility index (Phi) is 4.06. The maximum Gasteiger partial charge on any atom is 0.224 e. The van der Waals surface area contributed by atoms with Crippen LogP contribution in [0.5, 0.6) is 5.75 Å². The Balaban J connectivity index is 1.42. The van der Waals surface area contributed by atoms with E-state index in [-0.39, 0.29) is 11.9 Å². The first kappa shape index (κ1) is 16.0. The van der Waals surface area contributed by atoms with Gasteiger partial charge in [-0.15, -0.1) is 0 Å². The Morgan fingerprint density at radius 1 is 1.17 bits per heavy atom. The molecule has 0 saturated heterocycles. The molecule has 0 spiro atoms. The van der Waals surface area contributed by atoms with Gasteiger partial charge in [-0.3, -0.25) is 4.79 Å². The standard InChI is InChI=1S/C21H29NO2/c1-14(21-11-15-7-16(12-21)9-17(8-15)13-21)22-20(23)10-18-5-3-4-6-19(18)24-2/h3-6,14-17H,7-13H2,1-2H3,(H,22,23). The summed E-state index contributed by atoms with van der Waals surface area (Å²) in [7, 11) is 1.66. The second kappa shape index (κ2) is 6.09. The van der Waals surface area contributed by atoms with E-state index >= 15 is 0 Å². The highest BCUT2D eigenvalue weighted by Crippen LogP contribution is 2.61. The Bertz CT molecular complexity index is 589. The van der Waals surface area contributed by atoms with E-state index in [0.29, 0.717) is 11.8 Å². The molecular weight excluding hydrogens is 298 g/mol. The van der Waals surface area contributed by atoms with Crippen molar-refractivity contribution in [2.45, 2.75) is 57.9 Å². The van der Waals surface area contributed by atoms with Crippen LogP contribution in [-0.4, -0.2) is 19.1 Å². The highest BCUT2D eigenvalue weighted by Gasteiger charge is 2.53. The van der Waals surface area contributed by atoms with Crippen LogP contribution < -0.4 is 10.1 Å². The molecule has 3 nitrogen and oxygen atoms in total. The number of amides is 1. The van der Waals surface area contributed by atoms with Crippen LogP contribution >= 0.6 is 0 Å². The molecule has 0 radical (unpaired) electrons. The Hall–Kier alpha value is -1.51. The van der Waals surface area contributed by atoms with E-state index in [1.807, 2.05) is 24.3 Å². The summed E-state index contributed by atoms with van der Waals surface area (Å²) >= 11 is 0. The lowest BCUT2D eigenvalue weighted by Crippen LogP contribution is -2.56. The van der Waals surface area contributed by atoms with Crippen molar-refractivity contribution in [3.63, 3.8) is 0 Å². The van der Waals surface area contributed by atoms with Crippen LogP contribution in [0.2, 0.25) is 0 Å². The number of benzene rings is 1. The Morgan fingerprint density at radius 2 is 1.75 bits per heavy atom. The van der Waals surface area contributed by atoms with Crippen molar-refractivity contribution in [1.82, 2.24) is 5.32 Å². The second-order valence-electron chi connectivity index (χ2n) is 8.56. The van der Waals surface area contributed by atoms with Crippen LogP contribution in [0.15, 0.2) is 24.3 Å².